The minimum Gasteiger partial charge on any atom is -0.352 e. The number of benzene rings is 2. The maximum absolute atomic E-state index is 13.1. The first-order valence-corrected chi connectivity index (χ1v) is 9.49. The van der Waals surface area contributed by atoms with Crippen LogP contribution in [0.3, 0.4) is 0 Å². The molecule has 0 spiro atoms. The number of carbonyl (C=O) groups excluding carboxylic acids is 1. The summed E-state index contributed by atoms with van der Waals surface area (Å²) in [5.74, 6) is 0.503. The minimum atomic E-state index is -0.0790. The Morgan fingerprint density at radius 3 is 2.45 bits per heavy atom. The highest BCUT2D eigenvalue weighted by Crippen LogP contribution is 2.25. The van der Waals surface area contributed by atoms with Crippen LogP contribution in [0.1, 0.15) is 22.3 Å². The van der Waals surface area contributed by atoms with E-state index in [4.69, 9.17) is 0 Å². The van der Waals surface area contributed by atoms with Gasteiger partial charge in [-0.05, 0) is 30.5 Å². The fourth-order valence-corrected chi connectivity index (χ4v) is 3.55. The summed E-state index contributed by atoms with van der Waals surface area (Å²) in [6.45, 7) is 0.569. The summed E-state index contributed by atoms with van der Waals surface area (Å²) < 4.78 is 1.66. The quantitative estimate of drug-likeness (QED) is 0.373. The second kappa shape index (κ2) is 7.27. The average Bonchev–Trinajstić information content (AvgIpc) is 3.22. The van der Waals surface area contributed by atoms with Crippen LogP contribution < -0.4 is 5.32 Å². The topological polar surface area (TPSA) is 85.1 Å². The van der Waals surface area contributed by atoms with Crippen LogP contribution in [-0.4, -0.2) is 37.0 Å². The zero-order valence-electron chi connectivity index (χ0n) is 15.6. The molecule has 7 heteroatoms. The molecule has 0 radical (unpaired) electrons. The van der Waals surface area contributed by atoms with Gasteiger partial charge in [-0.2, -0.15) is 10.1 Å². The number of carbonyl (C=O) groups is 1. The number of nitrogens with zero attached hydrogens (tertiary/aromatic N) is 5. The summed E-state index contributed by atoms with van der Waals surface area (Å²) in [6, 6.07) is 15.5. The Kier molecular flexibility index (Phi) is 4.32. The van der Waals surface area contributed by atoms with Crippen LogP contribution in [0.4, 0.5) is 0 Å². The summed E-state index contributed by atoms with van der Waals surface area (Å²) in [4.78, 5) is 26.0. The van der Waals surface area contributed by atoms with Crippen molar-refractivity contribution in [1.82, 2.24) is 29.9 Å². The van der Waals surface area contributed by atoms with E-state index in [1.54, 1.807) is 10.7 Å². The van der Waals surface area contributed by atoms with Crippen LogP contribution in [-0.2, 0) is 6.42 Å². The van der Waals surface area contributed by atoms with E-state index in [1.165, 1.54) is 6.33 Å². The second-order valence-electron chi connectivity index (χ2n) is 6.85. The lowest BCUT2D eigenvalue weighted by molar-refractivity contribution is 0.0956. The Bertz CT molecular complexity index is 1290. The fourth-order valence-electron chi connectivity index (χ4n) is 3.55. The molecule has 0 aliphatic heterocycles. The van der Waals surface area contributed by atoms with Crippen LogP contribution in [0.25, 0.3) is 27.6 Å². The Hall–Kier alpha value is -3.87. The van der Waals surface area contributed by atoms with Crippen LogP contribution in [0.15, 0.2) is 67.3 Å². The van der Waals surface area contributed by atoms with E-state index >= 15 is 0 Å². The Morgan fingerprint density at radius 1 is 0.966 bits per heavy atom. The lowest BCUT2D eigenvalue weighted by Crippen LogP contribution is -2.25. The lowest BCUT2D eigenvalue weighted by Gasteiger charge is -2.11. The molecule has 2 aromatic carbocycles. The van der Waals surface area contributed by atoms with Crippen LogP contribution >= 0.6 is 0 Å². The first kappa shape index (κ1) is 17.2. The SMILES string of the molecule is O=C(NCCCc1cnc2ncnn2c1)c1c2ccccc2nc2ccccc12. The maximum Gasteiger partial charge on any atom is 0.252 e. The van der Waals surface area contributed by atoms with Crippen LogP contribution in [0, 0.1) is 0 Å². The lowest BCUT2D eigenvalue weighted by atomic mass is 10.0. The van der Waals surface area contributed by atoms with Crippen molar-refractivity contribution in [2.45, 2.75) is 12.8 Å². The van der Waals surface area contributed by atoms with Gasteiger partial charge in [0.05, 0.1) is 16.6 Å². The molecule has 142 valence electrons. The molecule has 7 nitrogen and oxygen atoms in total. The van der Waals surface area contributed by atoms with E-state index in [9.17, 15) is 4.79 Å². The number of hydrogen-bond donors (Lipinski definition) is 1. The Morgan fingerprint density at radius 2 is 1.69 bits per heavy atom. The molecule has 3 aromatic heterocycles. The molecule has 0 aliphatic rings. The second-order valence-corrected chi connectivity index (χ2v) is 6.85. The summed E-state index contributed by atoms with van der Waals surface area (Å²) in [5.41, 5.74) is 3.38. The zero-order chi connectivity index (χ0) is 19.6. The molecule has 0 unspecified atom stereocenters. The number of amides is 1. The van der Waals surface area contributed by atoms with Crippen molar-refractivity contribution in [2.24, 2.45) is 0 Å². The van der Waals surface area contributed by atoms with Gasteiger partial charge < -0.3 is 5.32 Å². The van der Waals surface area contributed by atoms with E-state index in [-0.39, 0.29) is 5.91 Å². The number of rotatable bonds is 5. The van der Waals surface area contributed by atoms with E-state index in [0.29, 0.717) is 17.9 Å². The monoisotopic (exact) mass is 382 g/mol. The Labute approximate surface area is 166 Å². The number of aryl methyl sites for hydroxylation is 1. The van der Waals surface area contributed by atoms with Crippen molar-refractivity contribution in [3.05, 3.63) is 78.4 Å². The van der Waals surface area contributed by atoms with Crippen LogP contribution in [0.2, 0.25) is 0 Å². The van der Waals surface area contributed by atoms with Gasteiger partial charge in [-0.15, -0.1) is 0 Å². The van der Waals surface area contributed by atoms with E-state index in [0.717, 1.165) is 40.2 Å². The highest BCUT2D eigenvalue weighted by molar-refractivity contribution is 6.16. The predicted octanol–water partition coefficient (Wildman–Crippen LogP) is 3.19. The first-order chi connectivity index (χ1) is 14.3. The number of pyridine rings is 1. The van der Waals surface area contributed by atoms with Gasteiger partial charge in [-0.25, -0.2) is 14.5 Å². The third kappa shape index (κ3) is 3.27. The van der Waals surface area contributed by atoms with Gasteiger partial charge in [0.2, 0.25) is 0 Å². The fraction of sp³-hybridized carbons (Fsp3) is 0.136. The number of fused-ring (bicyclic) bond motifs is 3. The molecular weight excluding hydrogens is 364 g/mol. The van der Waals surface area contributed by atoms with Crippen molar-refractivity contribution in [3.63, 3.8) is 0 Å². The molecule has 0 saturated heterocycles. The minimum absolute atomic E-state index is 0.0790. The smallest absolute Gasteiger partial charge is 0.252 e. The molecule has 3 heterocycles. The first-order valence-electron chi connectivity index (χ1n) is 9.49. The number of hydrogen-bond acceptors (Lipinski definition) is 5. The standard InChI is InChI=1S/C22H18N6O/c29-21(23-11-5-6-15-12-24-22-25-14-26-28(22)13-15)20-16-7-1-3-9-18(16)27-19-10-4-2-8-17(19)20/h1-4,7-10,12-14H,5-6,11H2,(H,23,29). The molecule has 0 saturated carbocycles. The third-order valence-electron chi connectivity index (χ3n) is 4.93. The van der Waals surface area contributed by atoms with Crippen molar-refractivity contribution < 1.29 is 4.79 Å². The van der Waals surface area contributed by atoms with E-state index in [1.807, 2.05) is 54.7 Å². The summed E-state index contributed by atoms with van der Waals surface area (Å²) in [6.07, 6.45) is 6.79. The molecular formula is C22H18N6O. The van der Waals surface area contributed by atoms with Gasteiger partial charge in [0.25, 0.3) is 11.7 Å². The molecule has 0 aliphatic carbocycles. The average molecular weight is 382 g/mol. The molecule has 1 N–H and O–H groups in total. The van der Waals surface area contributed by atoms with Crippen molar-refractivity contribution >= 4 is 33.5 Å². The number of nitrogens with one attached hydrogen (secondary N) is 1. The van der Waals surface area contributed by atoms with Gasteiger partial charge in [0, 0.05) is 29.7 Å². The molecule has 0 atom stereocenters. The van der Waals surface area contributed by atoms with Gasteiger partial charge >= 0.3 is 0 Å². The largest absolute Gasteiger partial charge is 0.352 e. The molecule has 5 rings (SSSR count). The van der Waals surface area contributed by atoms with Gasteiger partial charge in [0.15, 0.2) is 0 Å². The highest BCUT2D eigenvalue weighted by Gasteiger charge is 2.15. The summed E-state index contributed by atoms with van der Waals surface area (Å²) in [5, 5.41) is 8.90. The van der Waals surface area contributed by atoms with Crippen LogP contribution in [0.5, 0.6) is 0 Å². The van der Waals surface area contributed by atoms with Gasteiger partial charge in [0.1, 0.15) is 6.33 Å². The van der Waals surface area contributed by atoms with E-state index in [2.05, 4.69) is 25.4 Å². The predicted molar refractivity (Wildman–Crippen MR) is 111 cm³/mol. The van der Waals surface area contributed by atoms with E-state index < -0.39 is 0 Å². The normalized spacial score (nSPS) is 11.3. The molecule has 0 bridgehead atoms. The molecule has 5 aromatic rings. The van der Waals surface area contributed by atoms with Crippen molar-refractivity contribution in [2.75, 3.05) is 6.54 Å². The Balaban J connectivity index is 1.34. The zero-order valence-corrected chi connectivity index (χ0v) is 15.6. The maximum atomic E-state index is 13.1. The summed E-state index contributed by atoms with van der Waals surface area (Å²) >= 11 is 0. The molecule has 0 fully saturated rings. The van der Waals surface area contributed by atoms with Gasteiger partial charge in [-0.1, -0.05) is 36.4 Å². The third-order valence-corrected chi connectivity index (χ3v) is 4.93. The number of aromatic nitrogens is 5. The molecule has 1 amide bonds. The van der Waals surface area contributed by atoms with Crippen molar-refractivity contribution in [3.8, 4) is 0 Å². The number of para-hydroxylation sites is 2. The van der Waals surface area contributed by atoms with Gasteiger partial charge in [-0.3, -0.25) is 4.79 Å². The molecule has 29 heavy (non-hydrogen) atoms. The summed E-state index contributed by atoms with van der Waals surface area (Å²) in [7, 11) is 0. The highest BCUT2D eigenvalue weighted by atomic mass is 16.1. The van der Waals surface area contributed by atoms with Crippen molar-refractivity contribution in [1.29, 1.82) is 0 Å².